The molecule has 6 aromatic rings. The normalized spacial score (nSPS) is 10.6. The molecule has 0 aromatic heterocycles. The maximum absolute atomic E-state index is 13.8. The van der Waals surface area contributed by atoms with Gasteiger partial charge in [-0.1, -0.05) is 39.2 Å². The minimum Gasteiger partial charge on any atom is -0.494 e. The highest BCUT2D eigenvalue weighted by molar-refractivity contribution is 5.94. The van der Waals surface area contributed by atoms with Crippen molar-refractivity contribution in [3.8, 4) is 46.0 Å². The van der Waals surface area contributed by atoms with E-state index in [9.17, 15) is 38.4 Å². The summed E-state index contributed by atoms with van der Waals surface area (Å²) in [7, 11) is 0. The average molecular weight is 1400 g/mol. The predicted molar refractivity (Wildman–Crippen MR) is 385 cm³/mol. The van der Waals surface area contributed by atoms with Gasteiger partial charge in [-0.05, 0) is 273 Å². The molecule has 0 saturated carbocycles. The molecular weight excluding hydrogens is 1300 g/mol. The molecule has 0 aliphatic carbocycles. The average Bonchev–Trinajstić information content (AvgIpc) is 0.957. The summed E-state index contributed by atoms with van der Waals surface area (Å²) in [5.74, 6) is -0.690. The van der Waals surface area contributed by atoms with Crippen LogP contribution in [0, 0.1) is 0 Å². The largest absolute Gasteiger partial charge is 0.494 e. The Hall–Kier alpha value is -10.8. The lowest BCUT2D eigenvalue weighted by molar-refractivity contribution is -0.138. The van der Waals surface area contributed by atoms with Crippen molar-refractivity contribution < 1.29 is 95.2 Å². The van der Waals surface area contributed by atoms with Gasteiger partial charge in [0.05, 0.1) is 75.1 Å². The molecule has 0 fully saturated rings. The van der Waals surface area contributed by atoms with Crippen molar-refractivity contribution in [2.45, 2.75) is 141 Å². The second kappa shape index (κ2) is 47.3. The molecule has 20 heteroatoms. The van der Waals surface area contributed by atoms with Gasteiger partial charge in [0.15, 0.2) is 0 Å². The molecule has 0 spiro atoms. The van der Waals surface area contributed by atoms with E-state index in [0.717, 1.165) is 127 Å². The molecule has 6 rings (SSSR count). The van der Waals surface area contributed by atoms with Gasteiger partial charge >= 0.3 is 47.8 Å². The number of carbonyl (C=O) groups is 8. The number of carbonyl (C=O) groups excluding carboxylic acids is 8. The lowest BCUT2D eigenvalue weighted by Gasteiger charge is -2.14. The Morgan fingerprint density at radius 3 is 0.706 bits per heavy atom. The first-order chi connectivity index (χ1) is 49.7. The van der Waals surface area contributed by atoms with Gasteiger partial charge in [-0.3, -0.25) is 0 Å². The quantitative estimate of drug-likeness (QED) is 0.0113. The molecule has 0 aliphatic heterocycles. The van der Waals surface area contributed by atoms with Crippen LogP contribution in [-0.2, 0) is 51.0 Å². The molecule has 0 bridgehead atoms. The molecule has 6 aromatic carbocycles. The van der Waals surface area contributed by atoms with E-state index in [1.54, 1.807) is 133 Å². The molecule has 0 radical (unpaired) electrons. The van der Waals surface area contributed by atoms with Gasteiger partial charge < -0.3 is 56.8 Å². The SMILES string of the molecule is C=CC(=O)OCCCCCCOc1ccc(C(=O)Oc2ccc(OC(=O)c3ccc(OCCCCCCOC(=O)C=C)cc3)c(CCCCCCc3cc(OC(=O)c4ccc(OCCCCCCOC(=O)C=C)cc4)ccc3OC(=O)c3ccc(OCCCCCCOC(=O)C=C)cc3)c2)cc1. The number of rotatable bonds is 51. The second-order valence-corrected chi connectivity index (χ2v) is 23.6. The molecule has 0 N–H and O–H groups in total. The number of unbranched alkanes of at least 4 members (excludes halogenated alkanes) is 15. The summed E-state index contributed by atoms with van der Waals surface area (Å²) in [5.41, 5.74) is 2.45. The third-order valence-electron chi connectivity index (χ3n) is 15.8. The van der Waals surface area contributed by atoms with E-state index in [2.05, 4.69) is 26.3 Å². The van der Waals surface area contributed by atoms with Crippen molar-refractivity contribution in [3.63, 3.8) is 0 Å². The molecule has 0 heterocycles. The molecule has 0 unspecified atom stereocenters. The van der Waals surface area contributed by atoms with Crippen molar-refractivity contribution in [3.05, 3.63) is 217 Å². The smallest absolute Gasteiger partial charge is 0.343 e. The fourth-order valence-corrected chi connectivity index (χ4v) is 10.1. The van der Waals surface area contributed by atoms with Crippen LogP contribution in [0.25, 0.3) is 0 Å². The summed E-state index contributed by atoms with van der Waals surface area (Å²) in [4.78, 5) is 99.7. The first-order valence-corrected chi connectivity index (χ1v) is 35.0. The molecule has 542 valence electrons. The number of aryl methyl sites for hydroxylation is 2. The van der Waals surface area contributed by atoms with Gasteiger partial charge in [0.1, 0.15) is 46.0 Å². The Labute approximate surface area is 597 Å². The molecule has 0 aliphatic rings. The predicted octanol–water partition coefficient (Wildman–Crippen LogP) is 16.6. The van der Waals surface area contributed by atoms with Crippen LogP contribution in [0.1, 0.15) is 181 Å². The van der Waals surface area contributed by atoms with Crippen LogP contribution in [0.3, 0.4) is 0 Å². The van der Waals surface area contributed by atoms with Crippen LogP contribution in [0.4, 0.5) is 0 Å². The number of hydrogen-bond donors (Lipinski definition) is 0. The molecule has 102 heavy (non-hydrogen) atoms. The standard InChI is InChI=1S/C82H94O20/c1-5-75(83)95-55-25-15-11-21-51-91-67-39-31-61(32-40-67)79(87)99-71-47-49-73(101-81(89)63-35-43-69(44-36-63)93-53-23-13-17-27-57-97-77(85)7-3)65(59-71)29-19-9-10-20-30-66-60-72(100-80(88)62-33-41-68(42-34-62)92-52-22-12-16-26-56-96-76(84)6-2)48-50-74(66)102-82(90)64-37-45-70(46-38-64)94-54-24-14-18-28-58-98-78(86)8-4/h5-8,31-50,59-60H,1-4,9-30,51-58H2. The summed E-state index contributed by atoms with van der Waals surface area (Å²) in [6, 6.07) is 36.4. The van der Waals surface area contributed by atoms with Crippen molar-refractivity contribution in [1.82, 2.24) is 0 Å². The molecule has 20 nitrogen and oxygen atoms in total. The van der Waals surface area contributed by atoms with Crippen LogP contribution in [0.5, 0.6) is 46.0 Å². The van der Waals surface area contributed by atoms with Gasteiger partial charge in [0.25, 0.3) is 0 Å². The number of hydrogen-bond acceptors (Lipinski definition) is 20. The maximum atomic E-state index is 13.8. The zero-order chi connectivity index (χ0) is 72.8. The monoisotopic (exact) mass is 1400 g/mol. The van der Waals surface area contributed by atoms with Crippen molar-refractivity contribution >= 4 is 47.8 Å². The molecular formula is C82H94O20. The maximum Gasteiger partial charge on any atom is 0.343 e. The van der Waals surface area contributed by atoms with Crippen LogP contribution < -0.4 is 37.9 Å². The van der Waals surface area contributed by atoms with Gasteiger partial charge in [-0.2, -0.15) is 0 Å². The Morgan fingerprint density at radius 2 is 0.461 bits per heavy atom. The van der Waals surface area contributed by atoms with Crippen LogP contribution in [-0.4, -0.2) is 101 Å². The van der Waals surface area contributed by atoms with Gasteiger partial charge in [0, 0.05) is 24.3 Å². The number of ether oxygens (including phenoxy) is 12. The summed E-state index contributed by atoms with van der Waals surface area (Å²) in [5, 5.41) is 0. The summed E-state index contributed by atoms with van der Waals surface area (Å²) in [6.07, 6.45) is 21.3. The topological polar surface area (TPSA) is 247 Å². The summed E-state index contributed by atoms with van der Waals surface area (Å²) >= 11 is 0. The van der Waals surface area contributed by atoms with E-state index >= 15 is 0 Å². The Morgan fingerprint density at radius 1 is 0.245 bits per heavy atom. The number of benzene rings is 6. The second-order valence-electron chi connectivity index (χ2n) is 23.6. The minimum atomic E-state index is -0.597. The van der Waals surface area contributed by atoms with Crippen LogP contribution in [0.15, 0.2) is 184 Å². The van der Waals surface area contributed by atoms with E-state index in [1.807, 2.05) is 0 Å². The fraction of sp³-hybridized carbons (Fsp3) is 0.366. The fourth-order valence-electron chi connectivity index (χ4n) is 10.1. The van der Waals surface area contributed by atoms with Crippen molar-refractivity contribution in [2.75, 3.05) is 52.9 Å². The highest BCUT2D eigenvalue weighted by Crippen LogP contribution is 2.31. The van der Waals surface area contributed by atoms with Gasteiger partial charge in [-0.25, -0.2) is 38.4 Å². The van der Waals surface area contributed by atoms with E-state index in [0.29, 0.717) is 159 Å². The van der Waals surface area contributed by atoms with Crippen molar-refractivity contribution in [2.24, 2.45) is 0 Å². The highest BCUT2D eigenvalue weighted by atomic mass is 16.6. The van der Waals surface area contributed by atoms with Crippen molar-refractivity contribution in [1.29, 1.82) is 0 Å². The van der Waals surface area contributed by atoms with Gasteiger partial charge in [-0.15, -0.1) is 0 Å². The Bertz CT molecular complexity index is 3390. The first-order valence-electron chi connectivity index (χ1n) is 35.0. The van der Waals surface area contributed by atoms with E-state index < -0.39 is 47.8 Å². The minimum absolute atomic E-state index is 0.247. The Balaban J connectivity index is 1.08. The Kier molecular flexibility index (Phi) is 37.2. The molecule has 0 atom stereocenters. The van der Waals surface area contributed by atoms with Crippen LogP contribution >= 0.6 is 0 Å². The van der Waals surface area contributed by atoms with Gasteiger partial charge in [0.2, 0.25) is 0 Å². The third kappa shape index (κ3) is 31.6. The van der Waals surface area contributed by atoms with E-state index in [4.69, 9.17) is 56.8 Å². The zero-order valence-corrected chi connectivity index (χ0v) is 58.2. The first kappa shape index (κ1) is 80.2. The highest BCUT2D eigenvalue weighted by Gasteiger charge is 2.19. The molecule has 0 saturated heterocycles. The zero-order valence-electron chi connectivity index (χ0n) is 58.2. The summed E-state index contributed by atoms with van der Waals surface area (Å²) < 4.78 is 67.6. The third-order valence-corrected chi connectivity index (χ3v) is 15.8. The summed E-state index contributed by atoms with van der Waals surface area (Å²) in [6.45, 7) is 16.8. The number of esters is 8. The van der Waals surface area contributed by atoms with E-state index in [1.165, 1.54) is 0 Å². The van der Waals surface area contributed by atoms with E-state index in [-0.39, 0.29) is 11.5 Å². The lowest BCUT2D eigenvalue weighted by atomic mass is 10.0. The van der Waals surface area contributed by atoms with Crippen LogP contribution in [0.2, 0.25) is 0 Å². The molecule has 0 amide bonds. The lowest BCUT2D eigenvalue weighted by Crippen LogP contribution is -2.11.